The van der Waals surface area contributed by atoms with Gasteiger partial charge >= 0.3 is 0 Å². The van der Waals surface area contributed by atoms with Crippen LogP contribution in [0.5, 0.6) is 11.5 Å². The molecule has 17 heavy (non-hydrogen) atoms. The Kier molecular flexibility index (Phi) is 3.33. The fourth-order valence-corrected chi connectivity index (χ4v) is 1.72. The van der Waals surface area contributed by atoms with Crippen LogP contribution in [0, 0.1) is 13.0 Å². The van der Waals surface area contributed by atoms with Gasteiger partial charge in [0.25, 0.3) is 0 Å². The van der Waals surface area contributed by atoms with Gasteiger partial charge in [-0.25, -0.2) is 0 Å². The van der Waals surface area contributed by atoms with E-state index in [4.69, 9.17) is 9.47 Å². The van der Waals surface area contributed by atoms with Crippen molar-refractivity contribution in [1.29, 1.82) is 0 Å². The molecule has 0 aliphatic rings. The minimum atomic E-state index is 0.786. The number of benzene rings is 2. The lowest BCUT2D eigenvalue weighted by atomic mass is 10.0. The summed E-state index contributed by atoms with van der Waals surface area (Å²) in [5.74, 6) is 1.57. The van der Waals surface area contributed by atoms with Crippen molar-refractivity contribution in [3.63, 3.8) is 0 Å². The van der Waals surface area contributed by atoms with Crippen LogP contribution in [0.25, 0.3) is 11.1 Å². The van der Waals surface area contributed by atoms with Crippen molar-refractivity contribution in [1.82, 2.24) is 0 Å². The summed E-state index contributed by atoms with van der Waals surface area (Å²) in [5.41, 5.74) is 3.20. The Balaban J connectivity index is 2.50. The van der Waals surface area contributed by atoms with E-state index in [1.165, 1.54) is 0 Å². The summed E-state index contributed by atoms with van der Waals surface area (Å²) in [6.45, 7) is 2.03. The summed E-state index contributed by atoms with van der Waals surface area (Å²) >= 11 is 0. The number of methoxy groups -OCH3 is 2. The number of hydrogen-bond acceptors (Lipinski definition) is 2. The minimum Gasteiger partial charge on any atom is -0.497 e. The van der Waals surface area contributed by atoms with E-state index in [1.807, 2.05) is 43.3 Å². The highest BCUT2D eigenvalue weighted by atomic mass is 16.5. The van der Waals surface area contributed by atoms with E-state index in [-0.39, 0.29) is 0 Å². The first-order valence-corrected chi connectivity index (χ1v) is 5.45. The van der Waals surface area contributed by atoms with Crippen LogP contribution in [0.4, 0.5) is 0 Å². The second kappa shape index (κ2) is 4.91. The molecule has 0 bridgehead atoms. The highest BCUT2D eigenvalue weighted by molar-refractivity contribution is 5.67. The van der Waals surface area contributed by atoms with E-state index in [0.717, 1.165) is 28.2 Å². The molecule has 0 amide bonds. The summed E-state index contributed by atoms with van der Waals surface area (Å²) in [5, 5.41) is 0. The molecule has 0 saturated heterocycles. The Hall–Kier alpha value is -1.96. The molecule has 0 heterocycles. The molecule has 0 saturated carbocycles. The lowest BCUT2D eigenvalue weighted by Gasteiger charge is -2.08. The Labute approximate surface area is 102 Å². The predicted octanol–water partition coefficient (Wildman–Crippen LogP) is 3.48. The summed E-state index contributed by atoms with van der Waals surface area (Å²) in [7, 11) is 3.30. The third-order valence-electron chi connectivity index (χ3n) is 2.60. The number of aryl methyl sites for hydroxylation is 1. The molecule has 2 aromatic rings. The molecule has 0 spiro atoms. The van der Waals surface area contributed by atoms with Crippen molar-refractivity contribution in [3.8, 4) is 22.6 Å². The molecule has 0 fully saturated rings. The summed E-state index contributed by atoms with van der Waals surface area (Å²) in [4.78, 5) is 0. The number of rotatable bonds is 3. The van der Waals surface area contributed by atoms with E-state index in [1.54, 1.807) is 14.2 Å². The van der Waals surface area contributed by atoms with E-state index < -0.39 is 0 Å². The van der Waals surface area contributed by atoms with Crippen molar-refractivity contribution in [2.24, 2.45) is 0 Å². The molecule has 1 radical (unpaired) electrons. The Morgan fingerprint density at radius 3 is 2.12 bits per heavy atom. The third-order valence-corrected chi connectivity index (χ3v) is 2.60. The maximum absolute atomic E-state index is 5.26. The first-order chi connectivity index (χ1) is 8.22. The Bertz CT molecular complexity index is 496. The SMILES string of the molecule is COc1cc(OC)cc(-c2[c]c(C)ccc2)c1. The standard InChI is InChI=1S/C15H15O2/c1-11-5-4-6-12(7-11)13-8-14(16-2)10-15(9-13)17-3/h4-6,8-10H,1-3H3. The van der Waals surface area contributed by atoms with Gasteiger partial charge in [-0.15, -0.1) is 0 Å². The van der Waals surface area contributed by atoms with Crippen molar-refractivity contribution >= 4 is 0 Å². The van der Waals surface area contributed by atoms with Gasteiger partial charge < -0.3 is 9.47 Å². The predicted molar refractivity (Wildman–Crippen MR) is 68.6 cm³/mol. The van der Waals surface area contributed by atoms with Crippen LogP contribution < -0.4 is 9.47 Å². The fourth-order valence-electron chi connectivity index (χ4n) is 1.72. The largest absolute Gasteiger partial charge is 0.497 e. The Morgan fingerprint density at radius 2 is 1.59 bits per heavy atom. The van der Waals surface area contributed by atoms with E-state index in [2.05, 4.69) is 6.07 Å². The maximum Gasteiger partial charge on any atom is 0.123 e. The highest BCUT2D eigenvalue weighted by Gasteiger charge is 2.04. The van der Waals surface area contributed by atoms with E-state index in [0.29, 0.717) is 0 Å². The van der Waals surface area contributed by atoms with Crippen LogP contribution in [0.3, 0.4) is 0 Å². The van der Waals surface area contributed by atoms with Crippen molar-refractivity contribution in [2.45, 2.75) is 6.92 Å². The van der Waals surface area contributed by atoms with E-state index >= 15 is 0 Å². The molecule has 0 atom stereocenters. The van der Waals surface area contributed by atoms with Crippen molar-refractivity contribution in [3.05, 3.63) is 48.0 Å². The minimum absolute atomic E-state index is 0.786. The lowest BCUT2D eigenvalue weighted by molar-refractivity contribution is 0.394. The van der Waals surface area contributed by atoms with Gasteiger partial charge in [-0.3, -0.25) is 0 Å². The average molecular weight is 227 g/mol. The molecule has 0 aliphatic heterocycles. The smallest absolute Gasteiger partial charge is 0.123 e. The first-order valence-electron chi connectivity index (χ1n) is 5.45. The number of ether oxygens (including phenoxy) is 2. The molecule has 0 N–H and O–H groups in total. The third kappa shape index (κ3) is 2.59. The lowest BCUT2D eigenvalue weighted by Crippen LogP contribution is -1.89. The average Bonchev–Trinajstić information content (AvgIpc) is 2.38. The van der Waals surface area contributed by atoms with Gasteiger partial charge in [0.05, 0.1) is 14.2 Å². The van der Waals surface area contributed by atoms with Gasteiger partial charge in [0.1, 0.15) is 11.5 Å². The van der Waals surface area contributed by atoms with Gasteiger partial charge in [-0.1, -0.05) is 18.2 Å². The van der Waals surface area contributed by atoms with Crippen LogP contribution in [-0.2, 0) is 0 Å². The van der Waals surface area contributed by atoms with Crippen LogP contribution in [-0.4, -0.2) is 14.2 Å². The molecule has 2 aromatic carbocycles. The fraction of sp³-hybridized carbons (Fsp3) is 0.200. The van der Waals surface area contributed by atoms with Crippen molar-refractivity contribution < 1.29 is 9.47 Å². The van der Waals surface area contributed by atoms with Crippen LogP contribution >= 0.6 is 0 Å². The van der Waals surface area contributed by atoms with Gasteiger partial charge in [-0.2, -0.15) is 0 Å². The van der Waals surface area contributed by atoms with Crippen molar-refractivity contribution in [2.75, 3.05) is 14.2 Å². The molecular formula is C15H15O2. The first kappa shape index (κ1) is 11.5. The van der Waals surface area contributed by atoms with Crippen LogP contribution in [0.1, 0.15) is 5.56 Å². The van der Waals surface area contributed by atoms with Crippen LogP contribution in [0.15, 0.2) is 36.4 Å². The second-order valence-electron chi connectivity index (χ2n) is 3.85. The quantitative estimate of drug-likeness (QED) is 0.799. The highest BCUT2D eigenvalue weighted by Crippen LogP contribution is 2.29. The topological polar surface area (TPSA) is 18.5 Å². The van der Waals surface area contributed by atoms with E-state index in [9.17, 15) is 0 Å². The summed E-state index contributed by atoms with van der Waals surface area (Å²) in [6.07, 6.45) is 0. The Morgan fingerprint density at radius 1 is 0.941 bits per heavy atom. The summed E-state index contributed by atoms with van der Waals surface area (Å²) < 4.78 is 10.5. The molecular weight excluding hydrogens is 212 g/mol. The maximum atomic E-state index is 5.26. The zero-order valence-corrected chi connectivity index (χ0v) is 10.3. The molecule has 2 rings (SSSR count). The molecule has 0 aliphatic carbocycles. The van der Waals surface area contributed by atoms with Gasteiger partial charge in [0, 0.05) is 6.07 Å². The molecule has 2 heteroatoms. The zero-order chi connectivity index (χ0) is 12.3. The molecule has 0 unspecified atom stereocenters. The second-order valence-corrected chi connectivity index (χ2v) is 3.85. The zero-order valence-electron chi connectivity index (χ0n) is 10.3. The molecule has 87 valence electrons. The van der Waals surface area contributed by atoms with Gasteiger partial charge in [0.2, 0.25) is 0 Å². The number of hydrogen-bond donors (Lipinski definition) is 0. The van der Waals surface area contributed by atoms with Crippen LogP contribution in [0.2, 0.25) is 0 Å². The summed E-state index contributed by atoms with van der Waals surface area (Å²) in [6, 6.07) is 15.2. The van der Waals surface area contributed by atoms with Gasteiger partial charge in [0.15, 0.2) is 0 Å². The molecule has 0 aromatic heterocycles. The molecule has 2 nitrogen and oxygen atoms in total. The van der Waals surface area contributed by atoms with Gasteiger partial charge in [-0.05, 0) is 41.8 Å². The monoisotopic (exact) mass is 227 g/mol. The normalized spacial score (nSPS) is 10.1.